The third-order valence-electron chi connectivity index (χ3n) is 5.23. The number of aromatic amines is 1. The summed E-state index contributed by atoms with van der Waals surface area (Å²) < 4.78 is 0. The van der Waals surface area contributed by atoms with Gasteiger partial charge in [-0.15, -0.1) is 0 Å². The summed E-state index contributed by atoms with van der Waals surface area (Å²) in [4.78, 5) is 27.2. The van der Waals surface area contributed by atoms with Gasteiger partial charge in [0.1, 0.15) is 5.82 Å². The van der Waals surface area contributed by atoms with Gasteiger partial charge in [0.05, 0.1) is 17.0 Å². The van der Waals surface area contributed by atoms with Crippen LogP contribution in [0.4, 0.5) is 0 Å². The number of halogens is 1. The molecule has 6 heteroatoms. The van der Waals surface area contributed by atoms with Crippen LogP contribution in [-0.2, 0) is 24.9 Å². The summed E-state index contributed by atoms with van der Waals surface area (Å²) >= 11 is 5.96. The Hall–Kier alpha value is -2.50. The maximum absolute atomic E-state index is 12.6. The first-order chi connectivity index (χ1) is 13.8. The first kappa shape index (κ1) is 19.8. The Morgan fingerprint density at radius 2 is 1.90 bits per heavy atom. The van der Waals surface area contributed by atoms with Crippen molar-refractivity contribution in [1.29, 1.82) is 0 Å². The van der Waals surface area contributed by atoms with E-state index in [1.807, 2.05) is 36.5 Å². The zero-order chi connectivity index (χ0) is 20.6. The predicted molar refractivity (Wildman–Crippen MR) is 116 cm³/mol. The Kier molecular flexibility index (Phi) is 5.28. The number of nitrogens with zero attached hydrogens (tertiary/aromatic N) is 3. The highest BCUT2D eigenvalue weighted by Crippen LogP contribution is 2.23. The number of H-pyrrole nitrogens is 1. The van der Waals surface area contributed by atoms with Crippen LogP contribution in [0.3, 0.4) is 0 Å². The van der Waals surface area contributed by atoms with Crippen LogP contribution in [0.1, 0.15) is 43.4 Å². The van der Waals surface area contributed by atoms with E-state index in [2.05, 4.69) is 41.7 Å². The minimum atomic E-state index is -0.164. The van der Waals surface area contributed by atoms with Crippen LogP contribution < -0.4 is 5.56 Å². The van der Waals surface area contributed by atoms with Crippen LogP contribution >= 0.6 is 11.6 Å². The molecule has 0 saturated heterocycles. The molecule has 3 heterocycles. The molecule has 29 heavy (non-hydrogen) atoms. The molecule has 0 fully saturated rings. The van der Waals surface area contributed by atoms with Crippen molar-refractivity contribution in [3.63, 3.8) is 0 Å². The number of fused-ring (bicyclic) bond motifs is 1. The van der Waals surface area contributed by atoms with Gasteiger partial charge < -0.3 is 4.98 Å². The summed E-state index contributed by atoms with van der Waals surface area (Å²) in [6, 6.07) is 11.8. The van der Waals surface area contributed by atoms with E-state index in [9.17, 15) is 4.79 Å². The van der Waals surface area contributed by atoms with E-state index in [1.54, 1.807) is 0 Å². The molecular weight excluding hydrogens is 384 g/mol. The molecule has 0 saturated carbocycles. The Morgan fingerprint density at radius 3 is 2.55 bits per heavy atom. The molecule has 0 radical (unpaired) electrons. The summed E-state index contributed by atoms with van der Waals surface area (Å²) in [5, 5.41) is 0.717. The molecule has 4 rings (SSSR count). The fourth-order valence-corrected chi connectivity index (χ4v) is 3.66. The third-order valence-corrected chi connectivity index (χ3v) is 5.48. The van der Waals surface area contributed by atoms with Gasteiger partial charge in [-0.3, -0.25) is 14.7 Å². The molecule has 0 amide bonds. The molecule has 0 spiro atoms. The molecule has 1 N–H and O–H groups in total. The van der Waals surface area contributed by atoms with Crippen molar-refractivity contribution in [3.05, 3.63) is 80.6 Å². The van der Waals surface area contributed by atoms with E-state index in [0.29, 0.717) is 6.54 Å². The lowest BCUT2D eigenvalue weighted by Gasteiger charge is -2.28. The highest BCUT2D eigenvalue weighted by atomic mass is 35.5. The Balaban J connectivity index is 1.48. The van der Waals surface area contributed by atoms with Crippen LogP contribution in [0.2, 0.25) is 5.02 Å². The molecule has 1 aromatic carbocycles. The molecule has 0 bridgehead atoms. The van der Waals surface area contributed by atoms with Crippen LogP contribution in [0.15, 0.2) is 47.4 Å². The number of rotatable bonds is 3. The Morgan fingerprint density at radius 1 is 1.14 bits per heavy atom. The van der Waals surface area contributed by atoms with Gasteiger partial charge in [-0.1, -0.05) is 50.6 Å². The predicted octanol–water partition coefficient (Wildman–Crippen LogP) is 4.34. The van der Waals surface area contributed by atoms with Crippen molar-refractivity contribution in [1.82, 2.24) is 19.9 Å². The lowest BCUT2D eigenvalue weighted by atomic mass is 9.95. The normalized spacial score (nSPS) is 14.6. The smallest absolute Gasteiger partial charge is 0.255 e. The van der Waals surface area contributed by atoms with Gasteiger partial charge in [0.15, 0.2) is 0 Å². The van der Waals surface area contributed by atoms with Crippen LogP contribution in [0.25, 0.3) is 11.3 Å². The van der Waals surface area contributed by atoms with E-state index >= 15 is 0 Å². The van der Waals surface area contributed by atoms with Crippen molar-refractivity contribution in [2.24, 2.45) is 0 Å². The van der Waals surface area contributed by atoms with Crippen molar-refractivity contribution in [2.75, 3.05) is 6.54 Å². The fraction of sp³-hybridized carbons (Fsp3) is 0.348. The molecule has 0 unspecified atom stereocenters. The zero-order valence-electron chi connectivity index (χ0n) is 17.0. The van der Waals surface area contributed by atoms with E-state index in [4.69, 9.17) is 16.6 Å². The number of hydrogen-bond acceptors (Lipinski definition) is 4. The number of hydrogen-bond donors (Lipinski definition) is 1. The van der Waals surface area contributed by atoms with Gasteiger partial charge in [0, 0.05) is 48.3 Å². The number of pyridine rings is 1. The number of aromatic nitrogens is 3. The van der Waals surface area contributed by atoms with Crippen molar-refractivity contribution in [2.45, 2.75) is 45.7 Å². The van der Waals surface area contributed by atoms with Crippen LogP contribution in [0.5, 0.6) is 0 Å². The summed E-state index contributed by atoms with van der Waals surface area (Å²) in [5.41, 5.74) is 4.64. The molecular formula is C23H25ClN4O. The average molecular weight is 409 g/mol. The van der Waals surface area contributed by atoms with Crippen molar-refractivity contribution in [3.8, 4) is 11.3 Å². The van der Waals surface area contributed by atoms with Crippen molar-refractivity contribution < 1.29 is 0 Å². The number of benzene rings is 1. The van der Waals surface area contributed by atoms with E-state index in [0.717, 1.165) is 58.4 Å². The zero-order valence-corrected chi connectivity index (χ0v) is 17.8. The van der Waals surface area contributed by atoms with Crippen LogP contribution in [-0.4, -0.2) is 26.4 Å². The summed E-state index contributed by atoms with van der Waals surface area (Å²) in [5.74, 6) is 0.761. The van der Waals surface area contributed by atoms with E-state index in [-0.39, 0.29) is 11.0 Å². The van der Waals surface area contributed by atoms with Crippen LogP contribution in [0, 0.1) is 0 Å². The van der Waals surface area contributed by atoms with Gasteiger partial charge in [-0.05, 0) is 23.8 Å². The van der Waals surface area contributed by atoms with E-state index in [1.165, 1.54) is 0 Å². The SMILES string of the molecule is CC(C)(C)c1nc2c(c(=O)[nH]1)CN(Cc1ccc(-c3ccc(Cl)cc3)nc1)CC2. The maximum Gasteiger partial charge on any atom is 0.255 e. The molecule has 2 aromatic heterocycles. The number of nitrogens with one attached hydrogen (secondary N) is 1. The molecule has 0 aliphatic carbocycles. The second-order valence-corrected chi connectivity index (χ2v) is 9.05. The molecule has 5 nitrogen and oxygen atoms in total. The minimum Gasteiger partial charge on any atom is -0.310 e. The molecule has 0 atom stereocenters. The highest BCUT2D eigenvalue weighted by Gasteiger charge is 2.24. The largest absolute Gasteiger partial charge is 0.310 e. The lowest BCUT2D eigenvalue weighted by Crippen LogP contribution is -2.37. The van der Waals surface area contributed by atoms with Gasteiger partial charge in [0.2, 0.25) is 0 Å². The monoisotopic (exact) mass is 408 g/mol. The fourth-order valence-electron chi connectivity index (χ4n) is 3.54. The third kappa shape index (κ3) is 4.41. The first-order valence-corrected chi connectivity index (χ1v) is 10.2. The molecule has 150 valence electrons. The average Bonchev–Trinajstić information content (AvgIpc) is 2.69. The topological polar surface area (TPSA) is 61.9 Å². The van der Waals surface area contributed by atoms with Gasteiger partial charge in [-0.25, -0.2) is 4.98 Å². The summed E-state index contributed by atoms with van der Waals surface area (Å²) in [6.45, 7) is 8.44. The van der Waals surface area contributed by atoms with Gasteiger partial charge in [-0.2, -0.15) is 0 Å². The molecule has 3 aromatic rings. The summed E-state index contributed by atoms with van der Waals surface area (Å²) in [7, 11) is 0. The second-order valence-electron chi connectivity index (χ2n) is 8.61. The minimum absolute atomic E-state index is 0.0131. The maximum atomic E-state index is 12.6. The first-order valence-electron chi connectivity index (χ1n) is 9.85. The van der Waals surface area contributed by atoms with Gasteiger partial charge >= 0.3 is 0 Å². The van der Waals surface area contributed by atoms with Gasteiger partial charge in [0.25, 0.3) is 5.56 Å². The second kappa shape index (κ2) is 7.73. The molecule has 1 aliphatic heterocycles. The Bertz CT molecular complexity index is 1070. The van der Waals surface area contributed by atoms with Crippen molar-refractivity contribution >= 4 is 11.6 Å². The quantitative estimate of drug-likeness (QED) is 0.700. The molecule has 1 aliphatic rings. The lowest BCUT2D eigenvalue weighted by molar-refractivity contribution is 0.240. The summed E-state index contributed by atoms with van der Waals surface area (Å²) in [6.07, 6.45) is 2.70. The Labute approximate surface area is 175 Å². The standard InChI is InChI=1S/C23H25ClN4O/c1-23(2,3)22-26-20-10-11-28(14-18(20)21(29)27-22)13-15-4-9-19(25-12-15)16-5-7-17(24)8-6-16/h4-9,12H,10-11,13-14H2,1-3H3,(H,26,27,29). The highest BCUT2D eigenvalue weighted by molar-refractivity contribution is 6.30. The van der Waals surface area contributed by atoms with E-state index < -0.39 is 0 Å².